The fourth-order valence-corrected chi connectivity index (χ4v) is 4.93. The third-order valence-corrected chi connectivity index (χ3v) is 7.42. The summed E-state index contributed by atoms with van der Waals surface area (Å²) in [4.78, 5) is 7.05. The molecule has 5 heterocycles. The molecule has 1 unspecified atom stereocenters. The highest BCUT2D eigenvalue weighted by atomic mass is 32.2. The zero-order chi connectivity index (χ0) is 23.0. The smallest absolute Gasteiger partial charge is 0.233 e. The molecular weight excluding hydrogens is 446 g/mol. The number of nitrogens with zero attached hydrogens (tertiary/aromatic N) is 6. The van der Waals surface area contributed by atoms with Crippen LogP contribution in [0.25, 0.3) is 16.9 Å². The lowest BCUT2D eigenvalue weighted by molar-refractivity contribution is -0.0383. The molecule has 2 aliphatic heterocycles. The minimum Gasteiger partial charge on any atom is -0.377 e. The Hall–Kier alpha value is -2.70. The van der Waals surface area contributed by atoms with Crippen molar-refractivity contribution >= 4 is 27.3 Å². The van der Waals surface area contributed by atoms with Crippen molar-refractivity contribution in [1.29, 1.82) is 0 Å². The predicted octanol–water partition coefficient (Wildman–Crippen LogP) is 2.28. The molecule has 0 spiro atoms. The van der Waals surface area contributed by atoms with E-state index in [1.54, 1.807) is 25.4 Å². The van der Waals surface area contributed by atoms with Crippen LogP contribution in [-0.4, -0.2) is 71.0 Å². The highest BCUT2D eigenvalue weighted by Crippen LogP contribution is 2.32. The average Bonchev–Trinajstić information content (AvgIpc) is 3.47. The van der Waals surface area contributed by atoms with Gasteiger partial charge in [-0.25, -0.2) is 18.1 Å². The highest BCUT2D eigenvalue weighted by molar-refractivity contribution is 7.92. The van der Waals surface area contributed by atoms with Gasteiger partial charge in [-0.15, -0.1) is 0 Å². The summed E-state index contributed by atoms with van der Waals surface area (Å²) in [5.74, 6) is 0.982. The molecule has 3 aromatic heterocycles. The van der Waals surface area contributed by atoms with Gasteiger partial charge in [0.25, 0.3) is 0 Å². The van der Waals surface area contributed by atoms with Crippen LogP contribution in [0.2, 0.25) is 0 Å². The number of morpholine rings is 1. The number of hydrogen-bond acceptors (Lipinski definition) is 8. The Balaban J connectivity index is 1.64. The number of sulfonamides is 1. The number of rotatable bonds is 6. The van der Waals surface area contributed by atoms with Crippen LogP contribution in [0.3, 0.4) is 0 Å². The van der Waals surface area contributed by atoms with Crippen molar-refractivity contribution in [1.82, 2.24) is 24.4 Å². The summed E-state index contributed by atoms with van der Waals surface area (Å²) in [7, 11) is -3.51. The summed E-state index contributed by atoms with van der Waals surface area (Å²) in [6.07, 6.45) is 6.32. The molecule has 11 nitrogen and oxygen atoms in total. The Bertz CT molecular complexity index is 1230. The van der Waals surface area contributed by atoms with E-state index in [-0.39, 0.29) is 18.0 Å². The summed E-state index contributed by atoms with van der Waals surface area (Å²) in [5.41, 5.74) is 2.15. The normalized spacial score (nSPS) is 22.1. The van der Waals surface area contributed by atoms with Gasteiger partial charge in [-0.1, -0.05) is 0 Å². The summed E-state index contributed by atoms with van der Waals surface area (Å²) < 4.78 is 42.5. The van der Waals surface area contributed by atoms with Crippen LogP contribution < -0.4 is 9.62 Å². The van der Waals surface area contributed by atoms with Gasteiger partial charge in [0.15, 0.2) is 11.9 Å². The monoisotopic (exact) mass is 475 g/mol. The van der Waals surface area contributed by atoms with Crippen LogP contribution in [-0.2, 0) is 19.5 Å². The first-order valence-electron chi connectivity index (χ1n) is 11.4. The Morgan fingerprint density at radius 2 is 2.12 bits per heavy atom. The number of ether oxygens (including phenoxy) is 2. The Morgan fingerprint density at radius 1 is 1.24 bits per heavy atom. The number of fused-ring (bicyclic) bond motifs is 1. The van der Waals surface area contributed by atoms with E-state index in [1.807, 2.05) is 10.7 Å². The minimum atomic E-state index is -3.51. The standard InChI is InChI=1S/C21H29N7O4S/c1-3-33(29,30)25-19-12-18(26-9-11-31-14-15(26)2)24-21-16(13-23-28(19)21)17-7-8-22-27(17)20-6-4-5-10-32-20/h7-8,12-13,15,20,25H,3-6,9-11,14H2,1-2H3/t15-,20?/m1/s1. The molecule has 0 bridgehead atoms. The number of nitrogens with one attached hydrogen (secondary N) is 1. The average molecular weight is 476 g/mol. The highest BCUT2D eigenvalue weighted by Gasteiger charge is 2.26. The lowest BCUT2D eigenvalue weighted by Gasteiger charge is -2.34. The Morgan fingerprint density at radius 3 is 2.88 bits per heavy atom. The summed E-state index contributed by atoms with van der Waals surface area (Å²) in [6.45, 7) is 6.21. The van der Waals surface area contributed by atoms with Gasteiger partial charge in [0.05, 0.1) is 42.5 Å². The molecule has 178 valence electrons. The van der Waals surface area contributed by atoms with Gasteiger partial charge in [0.2, 0.25) is 10.0 Å². The van der Waals surface area contributed by atoms with Gasteiger partial charge in [0.1, 0.15) is 11.6 Å². The quantitative estimate of drug-likeness (QED) is 0.577. The summed E-state index contributed by atoms with van der Waals surface area (Å²) >= 11 is 0. The molecule has 5 rings (SSSR count). The van der Waals surface area contributed by atoms with Gasteiger partial charge >= 0.3 is 0 Å². The van der Waals surface area contributed by atoms with Crippen molar-refractivity contribution in [2.24, 2.45) is 0 Å². The second kappa shape index (κ2) is 8.92. The van der Waals surface area contributed by atoms with Crippen molar-refractivity contribution in [2.75, 3.05) is 41.7 Å². The molecule has 2 atom stereocenters. The molecule has 0 aromatic carbocycles. The van der Waals surface area contributed by atoms with E-state index >= 15 is 0 Å². The van der Waals surface area contributed by atoms with Gasteiger partial charge in [-0.05, 0) is 39.2 Å². The molecule has 0 amide bonds. The molecule has 33 heavy (non-hydrogen) atoms. The number of hydrogen-bond donors (Lipinski definition) is 1. The third-order valence-electron chi connectivity index (χ3n) is 6.13. The fraction of sp³-hybridized carbons (Fsp3) is 0.571. The van der Waals surface area contributed by atoms with E-state index < -0.39 is 10.0 Å². The Kier molecular flexibility index (Phi) is 5.97. The zero-order valence-electron chi connectivity index (χ0n) is 18.8. The van der Waals surface area contributed by atoms with E-state index in [4.69, 9.17) is 14.5 Å². The van der Waals surface area contributed by atoms with E-state index in [2.05, 4.69) is 26.7 Å². The van der Waals surface area contributed by atoms with Crippen molar-refractivity contribution in [3.8, 4) is 11.3 Å². The first-order valence-corrected chi connectivity index (χ1v) is 13.0. The molecular formula is C21H29N7O4S. The van der Waals surface area contributed by atoms with Crippen molar-refractivity contribution in [3.05, 3.63) is 24.5 Å². The van der Waals surface area contributed by atoms with Gasteiger partial charge in [-0.3, -0.25) is 4.72 Å². The SMILES string of the molecule is CCS(=O)(=O)Nc1cc(N2CCOC[C@H]2C)nc2c(-c3ccnn3C3CCCCO3)cnn12. The molecule has 0 saturated carbocycles. The van der Waals surface area contributed by atoms with E-state index in [0.717, 1.165) is 30.5 Å². The van der Waals surface area contributed by atoms with Crippen molar-refractivity contribution < 1.29 is 17.9 Å². The van der Waals surface area contributed by atoms with E-state index in [1.165, 1.54) is 4.52 Å². The topological polar surface area (TPSA) is 116 Å². The van der Waals surface area contributed by atoms with Crippen LogP contribution in [0.4, 0.5) is 11.6 Å². The van der Waals surface area contributed by atoms with Gasteiger partial charge in [-0.2, -0.15) is 14.7 Å². The van der Waals surface area contributed by atoms with Crippen LogP contribution in [0, 0.1) is 0 Å². The predicted molar refractivity (Wildman–Crippen MR) is 124 cm³/mol. The molecule has 2 saturated heterocycles. The van der Waals surface area contributed by atoms with E-state index in [0.29, 0.717) is 43.6 Å². The zero-order valence-corrected chi connectivity index (χ0v) is 19.7. The molecule has 2 fully saturated rings. The number of aromatic nitrogens is 5. The van der Waals surface area contributed by atoms with Crippen LogP contribution in [0.15, 0.2) is 24.5 Å². The van der Waals surface area contributed by atoms with Crippen molar-refractivity contribution in [3.63, 3.8) is 0 Å². The van der Waals surface area contributed by atoms with Gasteiger partial charge < -0.3 is 14.4 Å². The first kappa shape index (κ1) is 22.1. The maximum Gasteiger partial charge on any atom is 0.233 e. The fourth-order valence-electron chi connectivity index (χ4n) is 4.32. The van der Waals surface area contributed by atoms with E-state index in [9.17, 15) is 8.42 Å². The molecule has 0 aliphatic carbocycles. The molecule has 2 aliphatic rings. The maximum absolute atomic E-state index is 12.4. The molecule has 12 heteroatoms. The third kappa shape index (κ3) is 4.30. The molecule has 0 radical (unpaired) electrons. The maximum atomic E-state index is 12.4. The largest absolute Gasteiger partial charge is 0.377 e. The van der Waals surface area contributed by atoms with Crippen LogP contribution in [0.5, 0.6) is 0 Å². The Labute approximate surface area is 192 Å². The molecule has 3 aromatic rings. The second-order valence-electron chi connectivity index (χ2n) is 8.40. The summed E-state index contributed by atoms with van der Waals surface area (Å²) in [6, 6.07) is 3.76. The summed E-state index contributed by atoms with van der Waals surface area (Å²) in [5, 5.41) is 9.00. The first-order chi connectivity index (χ1) is 16.0. The lowest BCUT2D eigenvalue weighted by atomic mass is 10.1. The number of anilines is 2. The van der Waals surface area contributed by atoms with Gasteiger partial charge in [0, 0.05) is 25.4 Å². The van der Waals surface area contributed by atoms with Crippen LogP contribution >= 0.6 is 0 Å². The van der Waals surface area contributed by atoms with Crippen LogP contribution in [0.1, 0.15) is 39.3 Å². The van der Waals surface area contributed by atoms with Crippen molar-refractivity contribution in [2.45, 2.75) is 45.4 Å². The lowest BCUT2D eigenvalue weighted by Crippen LogP contribution is -2.44. The second-order valence-corrected chi connectivity index (χ2v) is 10.4. The minimum absolute atomic E-state index is 0.0416. The molecule has 1 N–H and O–H groups in total.